The van der Waals surface area contributed by atoms with Gasteiger partial charge in [-0.25, -0.2) is 0 Å². The highest BCUT2D eigenvalue weighted by atomic mass is 35.5. The van der Waals surface area contributed by atoms with Gasteiger partial charge < -0.3 is 10.6 Å². The van der Waals surface area contributed by atoms with Crippen LogP contribution in [0.15, 0.2) is 0 Å². The highest BCUT2D eigenvalue weighted by molar-refractivity contribution is 5.85. The molecular weight excluding hydrogens is 236 g/mol. The van der Waals surface area contributed by atoms with Crippen LogP contribution in [0.3, 0.4) is 0 Å². The molecule has 0 bridgehead atoms. The molecule has 0 aliphatic carbocycles. The zero-order valence-corrected chi connectivity index (χ0v) is 12.2. The summed E-state index contributed by atoms with van der Waals surface area (Å²) in [6.45, 7) is 7.98. The zero-order chi connectivity index (χ0) is 12.2. The second-order valence-corrected chi connectivity index (χ2v) is 5.50. The predicted molar refractivity (Wildman–Crippen MR) is 74.3 cm³/mol. The van der Waals surface area contributed by atoms with Crippen LogP contribution in [0.5, 0.6) is 0 Å². The summed E-state index contributed by atoms with van der Waals surface area (Å²) in [6, 6.07) is 0. The molecule has 17 heavy (non-hydrogen) atoms. The maximum atomic E-state index is 12.3. The molecule has 0 saturated carbocycles. The lowest BCUT2D eigenvalue weighted by Crippen LogP contribution is -2.53. The van der Waals surface area contributed by atoms with Gasteiger partial charge in [0.2, 0.25) is 5.91 Å². The van der Waals surface area contributed by atoms with E-state index in [0.717, 1.165) is 44.7 Å². The summed E-state index contributed by atoms with van der Waals surface area (Å²) in [7, 11) is 0. The number of carbonyl (C=O) groups is 1. The van der Waals surface area contributed by atoms with Crippen molar-refractivity contribution in [3.05, 3.63) is 0 Å². The molecule has 0 aromatic heterocycles. The molecule has 1 fully saturated rings. The van der Waals surface area contributed by atoms with Crippen molar-refractivity contribution in [2.45, 2.75) is 58.4 Å². The Bertz CT molecular complexity index is 244. The van der Waals surface area contributed by atoms with Crippen LogP contribution >= 0.6 is 12.4 Å². The molecule has 1 rings (SSSR count). The molecule has 1 aliphatic heterocycles. The molecule has 2 atom stereocenters. The number of hydrogen-bond donors (Lipinski definition) is 1. The van der Waals surface area contributed by atoms with Gasteiger partial charge in [-0.3, -0.25) is 4.79 Å². The van der Waals surface area contributed by atoms with Crippen molar-refractivity contribution in [3.8, 4) is 0 Å². The molecule has 0 aromatic rings. The number of nitrogens with zero attached hydrogens (tertiary/aromatic N) is 1. The van der Waals surface area contributed by atoms with E-state index in [-0.39, 0.29) is 18.3 Å². The van der Waals surface area contributed by atoms with Gasteiger partial charge in [-0.2, -0.15) is 0 Å². The number of rotatable bonds is 3. The first-order chi connectivity index (χ1) is 7.47. The van der Waals surface area contributed by atoms with E-state index in [1.165, 1.54) is 6.42 Å². The third kappa shape index (κ3) is 4.84. The molecule has 2 unspecified atom stereocenters. The van der Waals surface area contributed by atoms with Crippen molar-refractivity contribution >= 4 is 18.3 Å². The number of likely N-dealkylation sites (tertiary alicyclic amines) is 1. The molecule has 1 saturated heterocycles. The Balaban J connectivity index is 0.00000256. The van der Waals surface area contributed by atoms with E-state index in [4.69, 9.17) is 5.73 Å². The van der Waals surface area contributed by atoms with Crippen LogP contribution in [0, 0.1) is 5.92 Å². The van der Waals surface area contributed by atoms with Crippen molar-refractivity contribution in [1.82, 2.24) is 4.90 Å². The lowest BCUT2D eigenvalue weighted by atomic mass is 9.95. The average molecular weight is 263 g/mol. The van der Waals surface area contributed by atoms with Gasteiger partial charge in [0.05, 0.1) is 5.54 Å². The monoisotopic (exact) mass is 262 g/mol. The van der Waals surface area contributed by atoms with Crippen LogP contribution in [0.2, 0.25) is 0 Å². The quantitative estimate of drug-likeness (QED) is 0.850. The van der Waals surface area contributed by atoms with Crippen molar-refractivity contribution in [3.63, 3.8) is 0 Å². The minimum atomic E-state index is -0.664. The molecule has 0 radical (unpaired) electrons. The minimum Gasteiger partial charge on any atom is -0.341 e. The van der Waals surface area contributed by atoms with Crippen LogP contribution in [-0.2, 0) is 4.79 Å². The Morgan fingerprint density at radius 1 is 1.41 bits per heavy atom. The van der Waals surface area contributed by atoms with Crippen LogP contribution in [0.25, 0.3) is 0 Å². The van der Waals surface area contributed by atoms with Gasteiger partial charge >= 0.3 is 0 Å². The number of amides is 1. The fraction of sp³-hybridized carbons (Fsp3) is 0.923. The summed E-state index contributed by atoms with van der Waals surface area (Å²) in [4.78, 5) is 14.2. The third-order valence-corrected chi connectivity index (χ3v) is 3.56. The SMILES string of the molecule is CCCC(C)(N)C(=O)N1CCCC(C)CC1.Cl. The van der Waals surface area contributed by atoms with Crippen molar-refractivity contribution in [2.24, 2.45) is 11.7 Å². The van der Waals surface area contributed by atoms with Crippen molar-refractivity contribution < 1.29 is 4.79 Å². The Labute approximate surface area is 112 Å². The first-order valence-corrected chi connectivity index (χ1v) is 6.55. The van der Waals surface area contributed by atoms with Crippen LogP contribution in [-0.4, -0.2) is 29.4 Å². The number of halogens is 1. The van der Waals surface area contributed by atoms with Gasteiger partial charge in [0.25, 0.3) is 0 Å². The zero-order valence-electron chi connectivity index (χ0n) is 11.4. The van der Waals surface area contributed by atoms with Gasteiger partial charge in [0.15, 0.2) is 0 Å². The van der Waals surface area contributed by atoms with Crippen molar-refractivity contribution in [2.75, 3.05) is 13.1 Å². The summed E-state index contributed by atoms with van der Waals surface area (Å²) in [5, 5.41) is 0. The summed E-state index contributed by atoms with van der Waals surface area (Å²) in [6.07, 6.45) is 5.21. The molecule has 4 heteroatoms. The van der Waals surface area contributed by atoms with E-state index < -0.39 is 5.54 Å². The second kappa shape index (κ2) is 7.22. The minimum absolute atomic E-state index is 0. The largest absolute Gasteiger partial charge is 0.341 e. The summed E-state index contributed by atoms with van der Waals surface area (Å²) < 4.78 is 0. The maximum Gasteiger partial charge on any atom is 0.242 e. The highest BCUT2D eigenvalue weighted by Gasteiger charge is 2.32. The molecule has 1 amide bonds. The normalized spacial score (nSPS) is 24.5. The molecule has 0 aromatic carbocycles. The Kier molecular flexibility index (Phi) is 7.10. The smallest absolute Gasteiger partial charge is 0.242 e. The van der Waals surface area contributed by atoms with Crippen LogP contribution in [0.1, 0.15) is 52.9 Å². The summed E-state index contributed by atoms with van der Waals surface area (Å²) in [5.74, 6) is 0.886. The van der Waals surface area contributed by atoms with E-state index in [1.54, 1.807) is 0 Å². The topological polar surface area (TPSA) is 46.3 Å². The molecular formula is C13H27ClN2O. The fourth-order valence-electron chi connectivity index (χ4n) is 2.45. The van der Waals surface area contributed by atoms with Gasteiger partial charge in [-0.15, -0.1) is 12.4 Å². The highest BCUT2D eigenvalue weighted by Crippen LogP contribution is 2.20. The molecule has 1 heterocycles. The fourth-order valence-corrected chi connectivity index (χ4v) is 2.45. The lowest BCUT2D eigenvalue weighted by molar-refractivity contribution is -0.136. The van der Waals surface area contributed by atoms with Gasteiger partial charge in [-0.05, 0) is 38.5 Å². The second-order valence-electron chi connectivity index (χ2n) is 5.50. The Hall–Kier alpha value is -0.280. The predicted octanol–water partition coefficient (Wildman–Crippen LogP) is 2.57. The Morgan fingerprint density at radius 2 is 2.06 bits per heavy atom. The number of nitrogens with two attached hydrogens (primary N) is 1. The maximum absolute atomic E-state index is 12.3. The van der Waals surface area contributed by atoms with Gasteiger partial charge in [-0.1, -0.05) is 20.3 Å². The summed E-state index contributed by atoms with van der Waals surface area (Å²) >= 11 is 0. The van der Waals surface area contributed by atoms with Crippen LogP contribution < -0.4 is 5.73 Å². The average Bonchev–Trinajstić information content (AvgIpc) is 2.42. The lowest BCUT2D eigenvalue weighted by Gasteiger charge is -2.31. The van der Waals surface area contributed by atoms with E-state index in [2.05, 4.69) is 13.8 Å². The molecule has 0 spiro atoms. The van der Waals surface area contributed by atoms with E-state index in [0.29, 0.717) is 0 Å². The standard InChI is InChI=1S/C13H26N2O.ClH/c1-4-8-13(3,14)12(16)15-9-5-6-11(2)7-10-15;/h11H,4-10,14H2,1-3H3;1H. The first kappa shape index (κ1) is 16.7. The number of hydrogen-bond acceptors (Lipinski definition) is 2. The molecule has 102 valence electrons. The van der Waals surface area contributed by atoms with Gasteiger partial charge in [0.1, 0.15) is 0 Å². The van der Waals surface area contributed by atoms with Gasteiger partial charge in [0, 0.05) is 13.1 Å². The van der Waals surface area contributed by atoms with Crippen molar-refractivity contribution in [1.29, 1.82) is 0 Å². The first-order valence-electron chi connectivity index (χ1n) is 6.55. The number of carbonyl (C=O) groups excluding carboxylic acids is 1. The van der Waals surface area contributed by atoms with E-state index in [1.807, 2.05) is 11.8 Å². The molecule has 3 nitrogen and oxygen atoms in total. The van der Waals surface area contributed by atoms with E-state index >= 15 is 0 Å². The molecule has 2 N–H and O–H groups in total. The third-order valence-electron chi connectivity index (χ3n) is 3.56. The van der Waals surface area contributed by atoms with E-state index in [9.17, 15) is 4.79 Å². The van der Waals surface area contributed by atoms with Crippen LogP contribution in [0.4, 0.5) is 0 Å². The molecule has 1 aliphatic rings. The Morgan fingerprint density at radius 3 is 2.65 bits per heavy atom. The summed E-state index contributed by atoms with van der Waals surface area (Å²) in [5.41, 5.74) is 5.43.